The average Bonchev–Trinajstić information content (AvgIpc) is 2.54. The number of benzene rings is 1. The highest BCUT2D eigenvalue weighted by atomic mass is 16.2. The molecule has 0 radical (unpaired) electrons. The Hall–Kier alpha value is -1.51. The van der Waals surface area contributed by atoms with Crippen LogP contribution in [0.5, 0.6) is 0 Å². The van der Waals surface area contributed by atoms with Crippen molar-refractivity contribution in [3.05, 3.63) is 29.3 Å². The third-order valence-corrected chi connectivity index (χ3v) is 5.06. The normalized spacial score (nSPS) is 19.3. The van der Waals surface area contributed by atoms with E-state index in [4.69, 9.17) is 0 Å². The minimum absolute atomic E-state index is 0.213. The van der Waals surface area contributed by atoms with E-state index in [1.54, 1.807) is 0 Å². The summed E-state index contributed by atoms with van der Waals surface area (Å²) in [5.41, 5.74) is 3.36. The highest BCUT2D eigenvalue weighted by Gasteiger charge is 2.25. The number of anilines is 1. The molecule has 21 heavy (non-hydrogen) atoms. The zero-order valence-electron chi connectivity index (χ0n) is 13.2. The zero-order valence-corrected chi connectivity index (χ0v) is 13.2. The molecule has 0 atom stereocenters. The van der Waals surface area contributed by atoms with Crippen molar-refractivity contribution in [1.29, 1.82) is 0 Å². The first-order valence-electron chi connectivity index (χ1n) is 8.31. The van der Waals surface area contributed by atoms with Crippen LogP contribution in [0, 0.1) is 11.8 Å². The van der Waals surface area contributed by atoms with Gasteiger partial charge < -0.3 is 10.2 Å². The standard InChI is InChI=1S/C18H26N2O/c1-13(2)14-7-10-20(11-8-14)18(21)16-5-6-17-15(12-16)4-3-9-19-17/h5-6,12-14,19H,3-4,7-11H2,1-2H3. The summed E-state index contributed by atoms with van der Waals surface area (Å²) in [7, 11) is 0. The maximum absolute atomic E-state index is 12.7. The monoisotopic (exact) mass is 286 g/mol. The first-order chi connectivity index (χ1) is 10.1. The number of aryl methyl sites for hydroxylation is 1. The van der Waals surface area contributed by atoms with Gasteiger partial charge in [0, 0.05) is 30.9 Å². The van der Waals surface area contributed by atoms with Gasteiger partial charge in [-0.05, 0) is 61.3 Å². The average molecular weight is 286 g/mol. The molecule has 3 rings (SSSR count). The Labute approximate surface area is 127 Å². The second-order valence-electron chi connectivity index (χ2n) is 6.78. The quantitative estimate of drug-likeness (QED) is 0.901. The fourth-order valence-corrected chi connectivity index (χ4v) is 3.56. The summed E-state index contributed by atoms with van der Waals surface area (Å²) in [6.07, 6.45) is 4.54. The van der Waals surface area contributed by atoms with Crippen molar-refractivity contribution in [3.8, 4) is 0 Å². The smallest absolute Gasteiger partial charge is 0.253 e. The van der Waals surface area contributed by atoms with Crippen LogP contribution in [0.25, 0.3) is 0 Å². The van der Waals surface area contributed by atoms with Crippen LogP contribution in [0.15, 0.2) is 18.2 Å². The largest absolute Gasteiger partial charge is 0.385 e. The van der Waals surface area contributed by atoms with Gasteiger partial charge in [-0.1, -0.05) is 13.8 Å². The number of nitrogens with zero attached hydrogens (tertiary/aromatic N) is 1. The number of carbonyl (C=O) groups is 1. The molecular formula is C18H26N2O. The molecular weight excluding hydrogens is 260 g/mol. The van der Waals surface area contributed by atoms with Gasteiger partial charge >= 0.3 is 0 Å². The van der Waals surface area contributed by atoms with E-state index in [9.17, 15) is 4.79 Å². The number of fused-ring (bicyclic) bond motifs is 1. The minimum atomic E-state index is 0.213. The fourth-order valence-electron chi connectivity index (χ4n) is 3.56. The van der Waals surface area contributed by atoms with Crippen molar-refractivity contribution in [2.24, 2.45) is 11.8 Å². The predicted molar refractivity (Wildman–Crippen MR) is 86.7 cm³/mol. The summed E-state index contributed by atoms with van der Waals surface area (Å²) in [6.45, 7) is 7.45. The SMILES string of the molecule is CC(C)C1CCN(C(=O)c2ccc3c(c2)CCCN3)CC1. The van der Waals surface area contributed by atoms with Gasteiger partial charge in [0.05, 0.1) is 0 Å². The zero-order chi connectivity index (χ0) is 14.8. The van der Waals surface area contributed by atoms with Crippen molar-refractivity contribution in [1.82, 2.24) is 4.90 Å². The van der Waals surface area contributed by atoms with Gasteiger partial charge in [-0.2, -0.15) is 0 Å². The van der Waals surface area contributed by atoms with Crippen LogP contribution in [0.1, 0.15) is 49.0 Å². The number of hydrogen-bond acceptors (Lipinski definition) is 2. The van der Waals surface area contributed by atoms with Gasteiger partial charge in [0.1, 0.15) is 0 Å². The van der Waals surface area contributed by atoms with Gasteiger partial charge in [0.25, 0.3) is 5.91 Å². The third-order valence-electron chi connectivity index (χ3n) is 5.06. The van der Waals surface area contributed by atoms with E-state index in [-0.39, 0.29) is 5.91 Å². The van der Waals surface area contributed by atoms with Crippen LogP contribution >= 0.6 is 0 Å². The lowest BCUT2D eigenvalue weighted by atomic mass is 9.86. The fraction of sp³-hybridized carbons (Fsp3) is 0.611. The van der Waals surface area contributed by atoms with Crippen LogP contribution in [-0.4, -0.2) is 30.4 Å². The molecule has 2 heterocycles. The van der Waals surface area contributed by atoms with Crippen molar-refractivity contribution in [2.75, 3.05) is 25.0 Å². The van der Waals surface area contributed by atoms with Gasteiger partial charge in [-0.15, -0.1) is 0 Å². The molecule has 0 spiro atoms. The number of carbonyl (C=O) groups excluding carboxylic acids is 1. The van der Waals surface area contributed by atoms with Crippen LogP contribution in [-0.2, 0) is 6.42 Å². The lowest BCUT2D eigenvalue weighted by molar-refractivity contribution is 0.0667. The minimum Gasteiger partial charge on any atom is -0.385 e. The molecule has 1 amide bonds. The van der Waals surface area contributed by atoms with E-state index in [0.29, 0.717) is 0 Å². The molecule has 0 aliphatic carbocycles. The lowest BCUT2D eigenvalue weighted by Crippen LogP contribution is -2.39. The van der Waals surface area contributed by atoms with Crippen molar-refractivity contribution < 1.29 is 4.79 Å². The van der Waals surface area contributed by atoms with E-state index >= 15 is 0 Å². The Morgan fingerprint density at radius 3 is 2.76 bits per heavy atom. The predicted octanol–water partition coefficient (Wildman–Crippen LogP) is 3.55. The van der Waals surface area contributed by atoms with E-state index in [2.05, 4.69) is 31.3 Å². The number of nitrogens with one attached hydrogen (secondary N) is 1. The molecule has 0 unspecified atom stereocenters. The molecule has 1 N–H and O–H groups in total. The summed E-state index contributed by atoms with van der Waals surface area (Å²) in [5, 5.41) is 3.40. The molecule has 114 valence electrons. The number of amides is 1. The first-order valence-corrected chi connectivity index (χ1v) is 8.31. The lowest BCUT2D eigenvalue weighted by Gasteiger charge is -2.34. The van der Waals surface area contributed by atoms with Gasteiger partial charge in [-0.3, -0.25) is 4.79 Å². The number of hydrogen-bond donors (Lipinski definition) is 1. The molecule has 0 bridgehead atoms. The van der Waals surface area contributed by atoms with Crippen LogP contribution in [0.2, 0.25) is 0 Å². The Bertz CT molecular complexity index is 516. The summed E-state index contributed by atoms with van der Waals surface area (Å²) >= 11 is 0. The Balaban J connectivity index is 1.68. The molecule has 0 aromatic heterocycles. The third kappa shape index (κ3) is 3.07. The second kappa shape index (κ2) is 6.08. The molecule has 1 fully saturated rings. The number of piperidine rings is 1. The first kappa shape index (κ1) is 14.4. The van der Waals surface area contributed by atoms with Crippen molar-refractivity contribution in [2.45, 2.75) is 39.5 Å². The van der Waals surface area contributed by atoms with Crippen LogP contribution < -0.4 is 5.32 Å². The second-order valence-corrected chi connectivity index (χ2v) is 6.78. The van der Waals surface area contributed by atoms with E-state index in [1.165, 1.54) is 11.3 Å². The molecule has 3 nitrogen and oxygen atoms in total. The maximum atomic E-state index is 12.7. The number of rotatable bonds is 2. The highest BCUT2D eigenvalue weighted by molar-refractivity contribution is 5.95. The Kier molecular flexibility index (Phi) is 4.18. The van der Waals surface area contributed by atoms with Gasteiger partial charge in [0.15, 0.2) is 0 Å². The summed E-state index contributed by atoms with van der Waals surface area (Å²) in [6, 6.07) is 6.15. The Morgan fingerprint density at radius 1 is 1.29 bits per heavy atom. The highest BCUT2D eigenvalue weighted by Crippen LogP contribution is 2.27. The van der Waals surface area contributed by atoms with Crippen LogP contribution in [0.3, 0.4) is 0 Å². The Morgan fingerprint density at radius 2 is 2.05 bits per heavy atom. The molecule has 1 aromatic rings. The van der Waals surface area contributed by atoms with Gasteiger partial charge in [0.2, 0.25) is 0 Å². The summed E-state index contributed by atoms with van der Waals surface area (Å²) < 4.78 is 0. The van der Waals surface area contributed by atoms with Crippen molar-refractivity contribution in [3.63, 3.8) is 0 Å². The number of likely N-dealkylation sites (tertiary alicyclic amines) is 1. The molecule has 1 aromatic carbocycles. The molecule has 0 saturated carbocycles. The van der Waals surface area contributed by atoms with E-state index in [0.717, 1.165) is 62.7 Å². The van der Waals surface area contributed by atoms with E-state index in [1.807, 2.05) is 11.0 Å². The molecule has 2 aliphatic heterocycles. The van der Waals surface area contributed by atoms with E-state index < -0.39 is 0 Å². The van der Waals surface area contributed by atoms with Gasteiger partial charge in [-0.25, -0.2) is 0 Å². The maximum Gasteiger partial charge on any atom is 0.253 e. The summed E-state index contributed by atoms with van der Waals surface area (Å²) in [4.78, 5) is 14.7. The van der Waals surface area contributed by atoms with Crippen molar-refractivity contribution >= 4 is 11.6 Å². The molecule has 2 aliphatic rings. The topological polar surface area (TPSA) is 32.3 Å². The van der Waals surface area contributed by atoms with Crippen LogP contribution in [0.4, 0.5) is 5.69 Å². The summed E-state index contributed by atoms with van der Waals surface area (Å²) in [5.74, 6) is 1.73. The molecule has 3 heteroatoms. The molecule has 1 saturated heterocycles.